The number of aromatic nitrogens is 1. The van der Waals surface area contributed by atoms with Gasteiger partial charge in [0.2, 0.25) is 5.52 Å². The largest absolute Gasteiger partial charge is 0.465 e. The van der Waals surface area contributed by atoms with E-state index in [1.807, 2.05) is 32.0 Å². The first-order valence-corrected chi connectivity index (χ1v) is 9.11. The Kier molecular flexibility index (Phi) is 5.89. The van der Waals surface area contributed by atoms with Crippen LogP contribution in [-0.4, -0.2) is 25.7 Å². The summed E-state index contributed by atoms with van der Waals surface area (Å²) < 4.78 is 10.0. The Bertz CT molecular complexity index is 1030. The average Bonchev–Trinajstić information content (AvgIpc) is 2.71. The highest BCUT2D eigenvalue weighted by atomic mass is 16.5. The van der Waals surface area contributed by atoms with Gasteiger partial charge >= 0.3 is 11.9 Å². The molecule has 2 aromatic carbocycles. The van der Waals surface area contributed by atoms with Crippen molar-refractivity contribution in [1.82, 2.24) is 0 Å². The first kappa shape index (κ1) is 19.4. The number of carbonyl (C=O) groups excluding carboxylic acids is 2. The molecule has 0 radical (unpaired) electrons. The van der Waals surface area contributed by atoms with Crippen LogP contribution in [0.2, 0.25) is 0 Å². The first-order chi connectivity index (χ1) is 13.5. The summed E-state index contributed by atoms with van der Waals surface area (Å²) in [6.07, 6.45) is 0.776. The number of aromatic amines is 1. The zero-order valence-electron chi connectivity index (χ0n) is 16.2. The number of hydrogen-bond donors (Lipinski definition) is 1. The van der Waals surface area contributed by atoms with Crippen LogP contribution in [0.25, 0.3) is 10.9 Å². The maximum absolute atomic E-state index is 12.1. The number of pyridine rings is 1. The summed E-state index contributed by atoms with van der Waals surface area (Å²) in [5.41, 5.74) is 4.36. The van der Waals surface area contributed by atoms with Gasteiger partial charge in [0.05, 0.1) is 35.9 Å². The Balaban J connectivity index is 1.97. The van der Waals surface area contributed by atoms with E-state index in [2.05, 4.69) is 10.3 Å². The van der Waals surface area contributed by atoms with E-state index in [4.69, 9.17) is 9.47 Å². The molecule has 0 aliphatic rings. The molecule has 6 heteroatoms. The van der Waals surface area contributed by atoms with E-state index in [1.54, 1.807) is 30.3 Å². The third-order valence-electron chi connectivity index (χ3n) is 4.24. The molecule has 144 valence electrons. The molecule has 0 fully saturated rings. The Hall–Kier alpha value is -3.41. The van der Waals surface area contributed by atoms with Crippen molar-refractivity contribution in [3.63, 3.8) is 0 Å². The minimum Gasteiger partial charge on any atom is -0.465 e. The van der Waals surface area contributed by atoms with E-state index < -0.39 is 5.97 Å². The third-order valence-corrected chi connectivity index (χ3v) is 4.24. The van der Waals surface area contributed by atoms with Crippen LogP contribution in [0.4, 0.5) is 11.4 Å². The highest BCUT2D eigenvalue weighted by molar-refractivity contribution is 5.99. The van der Waals surface area contributed by atoms with Gasteiger partial charge in [-0.1, -0.05) is 13.0 Å². The number of hydrogen-bond acceptors (Lipinski definition) is 5. The number of H-pyrrole nitrogens is 1. The fraction of sp³-hybridized carbons (Fsp3) is 0.227. The van der Waals surface area contributed by atoms with Crippen LogP contribution in [0.5, 0.6) is 0 Å². The second-order valence-electron chi connectivity index (χ2n) is 6.46. The number of aryl methyl sites for hydroxylation is 1. The van der Waals surface area contributed by atoms with Crippen molar-refractivity contribution in [3.05, 3.63) is 65.4 Å². The molecule has 0 saturated heterocycles. The second-order valence-corrected chi connectivity index (χ2v) is 6.46. The van der Waals surface area contributed by atoms with Gasteiger partial charge in [-0.2, -0.15) is 0 Å². The fourth-order valence-corrected chi connectivity index (χ4v) is 2.92. The SMILES string of the molecule is CCCOC(=O)c1cccc(Nc2cc(C)[nH+]c3ccc(C(=O)OC)cc23)c1. The van der Waals surface area contributed by atoms with Crippen LogP contribution in [0.3, 0.4) is 0 Å². The topological polar surface area (TPSA) is 78.8 Å². The first-order valence-electron chi connectivity index (χ1n) is 9.11. The van der Waals surface area contributed by atoms with Crippen LogP contribution in [0.1, 0.15) is 39.8 Å². The molecular formula is C22H23N2O4+. The number of methoxy groups -OCH3 is 1. The molecule has 0 saturated carbocycles. The predicted octanol–water partition coefficient (Wildman–Crippen LogP) is 4.06. The number of anilines is 2. The lowest BCUT2D eigenvalue weighted by Crippen LogP contribution is -2.11. The van der Waals surface area contributed by atoms with E-state index in [1.165, 1.54) is 7.11 Å². The van der Waals surface area contributed by atoms with Crippen molar-refractivity contribution < 1.29 is 24.0 Å². The molecule has 0 aliphatic carbocycles. The summed E-state index contributed by atoms with van der Waals surface area (Å²) in [5, 5.41) is 4.18. The van der Waals surface area contributed by atoms with Gasteiger partial charge in [-0.05, 0) is 36.8 Å². The number of nitrogens with one attached hydrogen (secondary N) is 2. The van der Waals surface area contributed by atoms with Crippen LogP contribution in [-0.2, 0) is 9.47 Å². The smallest absolute Gasteiger partial charge is 0.338 e. The van der Waals surface area contributed by atoms with Crippen molar-refractivity contribution >= 4 is 34.2 Å². The molecule has 0 atom stereocenters. The molecule has 1 aromatic heterocycles. The van der Waals surface area contributed by atoms with Gasteiger partial charge < -0.3 is 14.8 Å². The molecule has 0 bridgehead atoms. The van der Waals surface area contributed by atoms with Crippen LogP contribution in [0.15, 0.2) is 48.5 Å². The van der Waals surface area contributed by atoms with Crippen LogP contribution >= 0.6 is 0 Å². The summed E-state index contributed by atoms with van der Waals surface area (Å²) in [4.78, 5) is 27.3. The molecule has 3 aromatic rings. The monoisotopic (exact) mass is 379 g/mol. The van der Waals surface area contributed by atoms with Crippen molar-refractivity contribution in [3.8, 4) is 0 Å². The third kappa shape index (κ3) is 4.28. The zero-order valence-corrected chi connectivity index (χ0v) is 16.2. The van der Waals surface area contributed by atoms with Crippen LogP contribution < -0.4 is 10.3 Å². The normalized spacial score (nSPS) is 10.5. The van der Waals surface area contributed by atoms with Crippen molar-refractivity contribution in [2.45, 2.75) is 20.3 Å². The van der Waals surface area contributed by atoms with E-state index >= 15 is 0 Å². The lowest BCUT2D eigenvalue weighted by Gasteiger charge is -2.11. The van der Waals surface area contributed by atoms with E-state index in [0.29, 0.717) is 17.7 Å². The number of ether oxygens (including phenoxy) is 2. The van der Waals surface area contributed by atoms with E-state index in [9.17, 15) is 9.59 Å². The van der Waals surface area contributed by atoms with Gasteiger partial charge in [-0.25, -0.2) is 14.6 Å². The summed E-state index contributed by atoms with van der Waals surface area (Å²) in [5.74, 6) is -0.741. The number of esters is 2. The number of benzene rings is 2. The number of fused-ring (bicyclic) bond motifs is 1. The van der Waals surface area contributed by atoms with Crippen LogP contribution in [0, 0.1) is 6.92 Å². The van der Waals surface area contributed by atoms with Crippen molar-refractivity contribution in [2.75, 3.05) is 19.0 Å². The molecule has 1 heterocycles. The Morgan fingerprint density at radius 1 is 1.04 bits per heavy atom. The summed E-state index contributed by atoms with van der Waals surface area (Å²) in [6, 6.07) is 14.4. The molecule has 0 unspecified atom stereocenters. The molecule has 2 N–H and O–H groups in total. The summed E-state index contributed by atoms with van der Waals surface area (Å²) in [6.45, 7) is 4.30. The second kappa shape index (κ2) is 8.52. The zero-order chi connectivity index (χ0) is 20.1. The molecule has 0 aliphatic heterocycles. The Morgan fingerprint density at radius 3 is 2.57 bits per heavy atom. The lowest BCUT2D eigenvalue weighted by atomic mass is 10.1. The summed E-state index contributed by atoms with van der Waals surface area (Å²) in [7, 11) is 1.36. The number of carbonyl (C=O) groups is 2. The van der Waals surface area contributed by atoms with Gasteiger partial charge in [-0.15, -0.1) is 0 Å². The molecule has 0 spiro atoms. The van der Waals surface area contributed by atoms with Gasteiger partial charge in [-0.3, -0.25) is 0 Å². The highest BCUT2D eigenvalue weighted by Gasteiger charge is 2.14. The van der Waals surface area contributed by atoms with Crippen molar-refractivity contribution in [2.24, 2.45) is 0 Å². The lowest BCUT2D eigenvalue weighted by molar-refractivity contribution is -0.354. The number of rotatable bonds is 6. The predicted molar refractivity (Wildman–Crippen MR) is 107 cm³/mol. The standard InChI is InChI=1S/C22H22N2O4/c1-4-10-28-22(26)15-6-5-7-17(12-15)24-20-11-14(2)23-19-9-8-16(13-18(19)20)21(25)27-3/h5-9,11-13H,4,10H2,1-3H3,(H,23,24)/p+1. The van der Waals surface area contributed by atoms with E-state index in [-0.39, 0.29) is 5.97 Å². The van der Waals surface area contributed by atoms with Crippen molar-refractivity contribution in [1.29, 1.82) is 0 Å². The average molecular weight is 379 g/mol. The maximum atomic E-state index is 12.1. The Labute approximate surface area is 163 Å². The molecule has 6 nitrogen and oxygen atoms in total. The molecular weight excluding hydrogens is 356 g/mol. The molecule has 28 heavy (non-hydrogen) atoms. The van der Waals surface area contributed by atoms with Gasteiger partial charge in [0, 0.05) is 24.7 Å². The van der Waals surface area contributed by atoms with Gasteiger partial charge in [0.25, 0.3) is 0 Å². The maximum Gasteiger partial charge on any atom is 0.338 e. The molecule has 3 rings (SSSR count). The minimum absolute atomic E-state index is 0.346. The molecule has 0 amide bonds. The minimum atomic E-state index is -0.394. The summed E-state index contributed by atoms with van der Waals surface area (Å²) >= 11 is 0. The van der Waals surface area contributed by atoms with Gasteiger partial charge in [0.15, 0.2) is 5.69 Å². The fourth-order valence-electron chi connectivity index (χ4n) is 2.92. The highest BCUT2D eigenvalue weighted by Crippen LogP contribution is 2.26. The Morgan fingerprint density at radius 2 is 1.82 bits per heavy atom. The van der Waals surface area contributed by atoms with Gasteiger partial charge in [0.1, 0.15) is 0 Å². The van der Waals surface area contributed by atoms with E-state index in [0.717, 1.165) is 34.4 Å². The quantitative estimate of drug-likeness (QED) is 0.654.